The summed E-state index contributed by atoms with van der Waals surface area (Å²) in [6.07, 6.45) is 6.76. The Kier molecular flexibility index (Phi) is 3.21. The Balaban J connectivity index is 1.78. The monoisotopic (exact) mass is 291 g/mol. The number of imidazole rings is 1. The Morgan fingerprint density at radius 1 is 1.31 bits per heavy atom. The molecule has 0 amide bonds. The van der Waals surface area contributed by atoms with Crippen molar-refractivity contribution in [2.24, 2.45) is 0 Å². The predicted octanol–water partition coefficient (Wildman–Crippen LogP) is 1.58. The average Bonchev–Trinajstić information content (AvgIpc) is 2.71. The van der Waals surface area contributed by atoms with E-state index in [1.165, 1.54) is 32.5 Å². The van der Waals surface area contributed by atoms with E-state index in [9.17, 15) is 0 Å². The molecule has 1 aromatic heterocycles. The van der Waals surface area contributed by atoms with Crippen LogP contribution in [0, 0.1) is 3.70 Å². The van der Waals surface area contributed by atoms with Crippen LogP contribution >= 0.6 is 22.6 Å². The second kappa shape index (κ2) is 4.41. The zero-order valence-electron chi connectivity index (χ0n) is 7.62. The van der Waals surface area contributed by atoms with Crippen LogP contribution in [0.15, 0.2) is 12.5 Å². The minimum Gasteiger partial charge on any atom is -0.335 e. The molecule has 1 aliphatic rings. The second-order valence-electron chi connectivity index (χ2n) is 3.48. The Bertz CT molecular complexity index is 266. The van der Waals surface area contributed by atoms with Crippen LogP contribution in [0.4, 0.5) is 0 Å². The molecule has 72 valence electrons. The van der Waals surface area contributed by atoms with Crippen LogP contribution in [-0.4, -0.2) is 34.1 Å². The van der Waals surface area contributed by atoms with E-state index in [4.69, 9.17) is 0 Å². The fraction of sp³-hybridized carbons (Fsp3) is 0.667. The van der Waals surface area contributed by atoms with E-state index in [0.29, 0.717) is 0 Å². The van der Waals surface area contributed by atoms with Crippen molar-refractivity contribution >= 4 is 22.6 Å². The highest BCUT2D eigenvalue weighted by Gasteiger charge is 2.10. The summed E-state index contributed by atoms with van der Waals surface area (Å²) in [4.78, 5) is 6.71. The van der Waals surface area contributed by atoms with Gasteiger partial charge in [-0.2, -0.15) is 0 Å². The summed E-state index contributed by atoms with van der Waals surface area (Å²) in [5.74, 6) is 0. The van der Waals surface area contributed by atoms with Gasteiger partial charge in [0, 0.05) is 19.3 Å². The van der Waals surface area contributed by atoms with E-state index in [-0.39, 0.29) is 0 Å². The van der Waals surface area contributed by atoms with Crippen LogP contribution in [0.1, 0.15) is 12.8 Å². The average molecular weight is 291 g/mol. The smallest absolute Gasteiger partial charge is 0.119 e. The first-order valence-electron chi connectivity index (χ1n) is 4.74. The van der Waals surface area contributed by atoms with Crippen molar-refractivity contribution in [1.29, 1.82) is 0 Å². The van der Waals surface area contributed by atoms with Crippen LogP contribution in [0.5, 0.6) is 0 Å². The largest absolute Gasteiger partial charge is 0.335 e. The molecule has 2 heterocycles. The highest BCUT2D eigenvalue weighted by molar-refractivity contribution is 14.1. The zero-order valence-corrected chi connectivity index (χ0v) is 9.77. The summed E-state index contributed by atoms with van der Waals surface area (Å²) in [5, 5.41) is 0. The molecule has 0 bridgehead atoms. The third-order valence-electron chi connectivity index (χ3n) is 2.47. The molecular formula is C9H14IN3. The Hall–Kier alpha value is -0.100. The van der Waals surface area contributed by atoms with Gasteiger partial charge in [-0.25, -0.2) is 4.98 Å². The first kappa shape index (κ1) is 9.45. The minimum atomic E-state index is 1.08. The number of hydrogen-bond acceptors (Lipinski definition) is 2. The lowest BCUT2D eigenvalue weighted by Crippen LogP contribution is -2.23. The third kappa shape index (κ3) is 2.67. The zero-order chi connectivity index (χ0) is 9.10. The first-order chi connectivity index (χ1) is 6.34. The van der Waals surface area contributed by atoms with Crippen molar-refractivity contribution in [1.82, 2.24) is 14.5 Å². The maximum Gasteiger partial charge on any atom is 0.119 e. The number of nitrogens with zero attached hydrogens (tertiary/aromatic N) is 3. The van der Waals surface area contributed by atoms with Gasteiger partial charge in [0.15, 0.2) is 0 Å². The Morgan fingerprint density at radius 3 is 2.69 bits per heavy atom. The first-order valence-corrected chi connectivity index (χ1v) is 5.82. The highest BCUT2D eigenvalue weighted by atomic mass is 127. The third-order valence-corrected chi connectivity index (χ3v) is 3.03. The standard InChI is InChI=1S/C9H14IN3/c10-9-7-13(8-11-9)6-5-12-3-1-2-4-12/h7-8H,1-6H2. The lowest BCUT2D eigenvalue weighted by molar-refractivity contribution is 0.322. The molecule has 0 saturated carbocycles. The molecule has 4 heteroatoms. The number of aromatic nitrogens is 2. The lowest BCUT2D eigenvalue weighted by atomic mass is 10.4. The molecule has 0 aromatic carbocycles. The number of halogens is 1. The van der Waals surface area contributed by atoms with E-state index < -0.39 is 0 Å². The molecule has 0 radical (unpaired) electrons. The van der Waals surface area contributed by atoms with Crippen molar-refractivity contribution in [2.75, 3.05) is 19.6 Å². The van der Waals surface area contributed by atoms with Gasteiger partial charge in [0.2, 0.25) is 0 Å². The molecule has 0 N–H and O–H groups in total. The predicted molar refractivity (Wildman–Crippen MR) is 60.6 cm³/mol. The molecule has 13 heavy (non-hydrogen) atoms. The van der Waals surface area contributed by atoms with Crippen molar-refractivity contribution in [3.63, 3.8) is 0 Å². The van der Waals surface area contributed by atoms with Crippen molar-refractivity contribution in [3.05, 3.63) is 16.2 Å². The molecule has 0 aliphatic carbocycles. The molecule has 0 spiro atoms. The van der Waals surface area contributed by atoms with Crippen molar-refractivity contribution < 1.29 is 0 Å². The van der Waals surface area contributed by atoms with E-state index in [2.05, 4.69) is 43.2 Å². The van der Waals surface area contributed by atoms with Crippen LogP contribution in [0.25, 0.3) is 0 Å². The van der Waals surface area contributed by atoms with Crippen LogP contribution in [0.2, 0.25) is 0 Å². The summed E-state index contributed by atoms with van der Waals surface area (Å²) in [6, 6.07) is 0. The molecule has 0 unspecified atom stereocenters. The molecule has 2 rings (SSSR count). The highest BCUT2D eigenvalue weighted by Crippen LogP contribution is 2.07. The second-order valence-corrected chi connectivity index (χ2v) is 4.59. The van der Waals surface area contributed by atoms with Crippen molar-refractivity contribution in [3.8, 4) is 0 Å². The quantitative estimate of drug-likeness (QED) is 0.789. The van der Waals surface area contributed by atoms with E-state index in [1.54, 1.807) is 0 Å². The molecule has 1 aromatic rings. The van der Waals surface area contributed by atoms with Gasteiger partial charge in [-0.15, -0.1) is 0 Å². The number of hydrogen-bond donors (Lipinski definition) is 0. The van der Waals surface area contributed by atoms with Gasteiger partial charge in [0.05, 0.1) is 6.33 Å². The Labute approximate surface area is 92.3 Å². The van der Waals surface area contributed by atoms with Crippen LogP contribution < -0.4 is 0 Å². The summed E-state index contributed by atoms with van der Waals surface area (Å²) in [6.45, 7) is 4.82. The number of rotatable bonds is 3. The summed E-state index contributed by atoms with van der Waals surface area (Å²) >= 11 is 2.24. The lowest BCUT2D eigenvalue weighted by Gasteiger charge is -2.13. The van der Waals surface area contributed by atoms with Gasteiger partial charge >= 0.3 is 0 Å². The fourth-order valence-electron chi connectivity index (χ4n) is 1.72. The van der Waals surface area contributed by atoms with E-state index in [0.717, 1.165) is 10.2 Å². The van der Waals surface area contributed by atoms with Gasteiger partial charge in [-0.3, -0.25) is 0 Å². The Morgan fingerprint density at radius 2 is 2.08 bits per heavy atom. The summed E-state index contributed by atoms with van der Waals surface area (Å²) in [7, 11) is 0. The van der Waals surface area contributed by atoms with Gasteiger partial charge in [0.1, 0.15) is 3.70 Å². The normalized spacial score (nSPS) is 18.2. The van der Waals surface area contributed by atoms with Gasteiger partial charge in [0.25, 0.3) is 0 Å². The van der Waals surface area contributed by atoms with Gasteiger partial charge < -0.3 is 9.47 Å². The molecule has 1 saturated heterocycles. The van der Waals surface area contributed by atoms with Crippen molar-refractivity contribution in [2.45, 2.75) is 19.4 Å². The minimum absolute atomic E-state index is 1.08. The topological polar surface area (TPSA) is 21.1 Å². The summed E-state index contributed by atoms with van der Waals surface area (Å²) < 4.78 is 3.25. The molecular weight excluding hydrogens is 277 g/mol. The van der Waals surface area contributed by atoms with E-state index in [1.807, 2.05) is 6.33 Å². The maximum atomic E-state index is 4.19. The van der Waals surface area contributed by atoms with Gasteiger partial charge in [-0.05, 0) is 48.5 Å². The number of likely N-dealkylation sites (tertiary alicyclic amines) is 1. The SMILES string of the molecule is Ic1cn(CCN2CCCC2)cn1. The molecule has 3 nitrogen and oxygen atoms in total. The summed E-state index contributed by atoms with van der Waals surface area (Å²) in [5.41, 5.74) is 0. The molecule has 1 fully saturated rings. The van der Waals surface area contributed by atoms with E-state index >= 15 is 0 Å². The fourth-order valence-corrected chi connectivity index (χ4v) is 2.20. The maximum absolute atomic E-state index is 4.19. The van der Waals surface area contributed by atoms with Crippen LogP contribution in [0.3, 0.4) is 0 Å². The van der Waals surface area contributed by atoms with Gasteiger partial charge in [-0.1, -0.05) is 0 Å². The molecule has 1 aliphatic heterocycles. The molecule has 0 atom stereocenters. The van der Waals surface area contributed by atoms with Crippen LogP contribution in [-0.2, 0) is 6.54 Å².